The molecule has 0 saturated carbocycles. The highest BCUT2D eigenvalue weighted by molar-refractivity contribution is 14.1. The van der Waals surface area contributed by atoms with Crippen LogP contribution in [0, 0.1) is 0 Å². The number of hydrogen-bond acceptors (Lipinski definition) is 12. The number of thioether (sulfide) groups is 1. The van der Waals surface area contributed by atoms with Crippen molar-refractivity contribution in [3.8, 4) is 5.75 Å². The van der Waals surface area contributed by atoms with Gasteiger partial charge in [-0.25, -0.2) is 4.79 Å². The molecule has 57 heavy (non-hydrogen) atoms. The minimum Gasteiger partial charge on any atom is -0.497 e. The predicted molar refractivity (Wildman–Crippen MR) is 229 cm³/mol. The molecule has 12 nitrogen and oxygen atoms in total. The lowest BCUT2D eigenvalue weighted by Crippen LogP contribution is -2.71. The van der Waals surface area contributed by atoms with E-state index in [1.54, 1.807) is 31.4 Å². The number of fused-ring (bicyclic) bond motifs is 1. The van der Waals surface area contributed by atoms with Gasteiger partial charge in [0, 0.05) is 21.7 Å². The number of allylic oxidation sites excluding steroid dienone is 2. The van der Waals surface area contributed by atoms with E-state index < -0.39 is 34.7 Å². The normalized spacial score (nSPS) is 16.8. The number of aromatic nitrogens is 2. The Labute approximate surface area is 351 Å². The second kappa shape index (κ2) is 18.2. The molecule has 15 heteroatoms. The molecule has 0 spiro atoms. The van der Waals surface area contributed by atoms with Gasteiger partial charge in [0.25, 0.3) is 11.8 Å². The van der Waals surface area contributed by atoms with E-state index in [0.717, 1.165) is 33.8 Å². The van der Waals surface area contributed by atoms with E-state index in [-0.39, 0.29) is 23.8 Å². The van der Waals surface area contributed by atoms with Crippen molar-refractivity contribution in [2.75, 3.05) is 29.7 Å². The summed E-state index contributed by atoms with van der Waals surface area (Å²) in [7, 11) is 2.89. The Morgan fingerprint density at radius 3 is 2.11 bits per heavy atom. The molecule has 1 fully saturated rings. The number of nitrogens with zero attached hydrogens (tertiary/aromatic N) is 4. The Morgan fingerprint density at radius 2 is 1.54 bits per heavy atom. The van der Waals surface area contributed by atoms with Crippen molar-refractivity contribution in [2.45, 2.75) is 23.6 Å². The Hall–Kier alpha value is -5.52. The molecule has 0 aliphatic carbocycles. The maximum Gasteiger partial charge on any atom is 0.355 e. The number of rotatable bonds is 15. The highest BCUT2D eigenvalue weighted by Crippen LogP contribution is 2.42. The zero-order chi connectivity index (χ0) is 39.8. The van der Waals surface area contributed by atoms with E-state index in [1.807, 2.05) is 103 Å². The van der Waals surface area contributed by atoms with Crippen LogP contribution in [0.2, 0.25) is 0 Å². The second-order valence-corrected chi connectivity index (χ2v) is 15.5. The number of halogens is 1. The van der Waals surface area contributed by atoms with Crippen molar-refractivity contribution < 1.29 is 28.7 Å². The van der Waals surface area contributed by atoms with Crippen LogP contribution in [0.3, 0.4) is 0 Å². The summed E-state index contributed by atoms with van der Waals surface area (Å²) in [6.45, 7) is 0.00705. The Bertz CT molecular complexity index is 2210. The number of esters is 1. The number of β-lactam (4-membered cyclic amide) rings is 1. The zero-order valence-corrected chi connectivity index (χ0v) is 34.6. The molecule has 2 aliphatic rings. The summed E-state index contributed by atoms with van der Waals surface area (Å²) in [6, 6.07) is 36.3. The number of nitrogens with one attached hydrogen (secondary N) is 2. The topological polar surface area (TPSA) is 144 Å². The lowest BCUT2D eigenvalue weighted by Gasteiger charge is -2.49. The smallest absolute Gasteiger partial charge is 0.355 e. The van der Waals surface area contributed by atoms with Crippen LogP contribution in [0.4, 0.5) is 5.13 Å². The van der Waals surface area contributed by atoms with Crippen LogP contribution in [-0.4, -0.2) is 73.6 Å². The number of hydrogen-bond donors (Lipinski definition) is 2. The van der Waals surface area contributed by atoms with Crippen LogP contribution in [0.15, 0.2) is 144 Å². The number of carbonyl (C=O) groups excluding carboxylic acids is 3. The maximum atomic E-state index is 13.9. The SMILES string of the molecule is CO/N=C(\C(=O)N[C@@H]1C(=O)N2C(C(=O)OCc3ccc(OC)cc3)=C(/C=C/CI)CS[C@@H]12)c1nsc(NC(c2ccccc2)(c2ccccc2)c2ccccc2)n1. The summed E-state index contributed by atoms with van der Waals surface area (Å²) in [5.41, 5.74) is 3.39. The molecule has 3 heterocycles. The molecule has 0 bridgehead atoms. The summed E-state index contributed by atoms with van der Waals surface area (Å²) in [5.74, 6) is -0.672. The molecular weight excluding hydrogens is 876 g/mol. The van der Waals surface area contributed by atoms with Gasteiger partial charge in [0.15, 0.2) is 0 Å². The van der Waals surface area contributed by atoms with Gasteiger partial charge in [-0.2, -0.15) is 9.36 Å². The zero-order valence-electron chi connectivity index (χ0n) is 30.8. The minimum absolute atomic E-state index is 0.00705. The van der Waals surface area contributed by atoms with Crippen LogP contribution in [0.1, 0.15) is 28.1 Å². The van der Waals surface area contributed by atoms with Crippen molar-refractivity contribution in [3.05, 3.63) is 167 Å². The molecule has 0 radical (unpaired) electrons. The fourth-order valence-electron chi connectivity index (χ4n) is 6.68. The third kappa shape index (κ3) is 8.31. The molecule has 2 N–H and O–H groups in total. The number of oxime groups is 1. The fraction of sp³-hybridized carbons (Fsp3) is 0.190. The van der Waals surface area contributed by atoms with Gasteiger partial charge in [-0.1, -0.05) is 143 Å². The van der Waals surface area contributed by atoms with Crippen LogP contribution in [0.5, 0.6) is 5.75 Å². The van der Waals surface area contributed by atoms with E-state index in [4.69, 9.17) is 19.3 Å². The van der Waals surface area contributed by atoms with Gasteiger partial charge in [-0.15, -0.1) is 11.8 Å². The molecular formula is C42H37IN6O6S2. The first-order valence-electron chi connectivity index (χ1n) is 17.8. The molecule has 1 aromatic heterocycles. The van der Waals surface area contributed by atoms with E-state index in [9.17, 15) is 14.4 Å². The van der Waals surface area contributed by atoms with Gasteiger partial charge in [0.05, 0.1) is 7.11 Å². The first-order chi connectivity index (χ1) is 27.9. The van der Waals surface area contributed by atoms with Crippen molar-refractivity contribution in [1.29, 1.82) is 0 Å². The lowest BCUT2D eigenvalue weighted by molar-refractivity contribution is -0.153. The maximum absolute atomic E-state index is 13.9. The van der Waals surface area contributed by atoms with Crippen molar-refractivity contribution in [3.63, 3.8) is 0 Å². The van der Waals surface area contributed by atoms with E-state index >= 15 is 0 Å². The fourth-order valence-corrected chi connectivity index (χ4v) is 8.88. The van der Waals surface area contributed by atoms with Gasteiger partial charge in [0.1, 0.15) is 42.1 Å². The molecule has 0 unspecified atom stereocenters. The van der Waals surface area contributed by atoms with Gasteiger partial charge < -0.3 is 24.9 Å². The molecule has 4 aromatic carbocycles. The van der Waals surface area contributed by atoms with Crippen LogP contribution >= 0.6 is 45.9 Å². The third-order valence-electron chi connectivity index (χ3n) is 9.37. The highest BCUT2D eigenvalue weighted by Gasteiger charge is 2.54. The number of carbonyl (C=O) groups is 3. The van der Waals surface area contributed by atoms with Gasteiger partial charge in [0.2, 0.25) is 16.7 Å². The first-order valence-corrected chi connectivity index (χ1v) is 21.1. The van der Waals surface area contributed by atoms with Gasteiger partial charge in [-0.3, -0.25) is 14.5 Å². The standard InChI is InChI=1S/C42H37IN6O6S2/c1-53-32-22-20-27(21-23-32)25-55-40(52)35-28(13-12-24-43)26-56-39-34(38(51)49(35)39)44-37(50)33(47-54-2)36-45-41(57-48-36)46-42(29-14-6-3-7-15-29,30-16-8-4-9-17-30)31-18-10-5-11-19-31/h3-23,34,39H,24-26H2,1-2H3,(H,44,50)(H,45,46,48)/b13-12+,47-33-/t34-,39+/m1/s1. The summed E-state index contributed by atoms with van der Waals surface area (Å²) in [4.78, 5) is 52.5. The largest absolute Gasteiger partial charge is 0.497 e. The molecule has 2 amide bonds. The average Bonchev–Trinajstić information content (AvgIpc) is 3.73. The van der Waals surface area contributed by atoms with Crippen LogP contribution in [0.25, 0.3) is 0 Å². The Kier molecular flexibility index (Phi) is 12.7. The number of anilines is 1. The molecule has 290 valence electrons. The summed E-state index contributed by atoms with van der Waals surface area (Å²) in [6.07, 6.45) is 3.75. The van der Waals surface area contributed by atoms with Crippen LogP contribution in [-0.2, 0) is 36.1 Å². The average molecular weight is 913 g/mol. The molecule has 5 aromatic rings. The summed E-state index contributed by atoms with van der Waals surface area (Å²) in [5, 5.41) is 10.3. The monoisotopic (exact) mass is 912 g/mol. The van der Waals surface area contributed by atoms with Crippen LogP contribution < -0.4 is 15.4 Å². The molecule has 2 atom stereocenters. The number of ether oxygens (including phenoxy) is 2. The third-order valence-corrected chi connectivity index (χ3v) is 11.8. The highest BCUT2D eigenvalue weighted by atomic mass is 127. The van der Waals surface area contributed by atoms with Crippen molar-refractivity contribution >= 4 is 74.5 Å². The van der Waals surface area contributed by atoms with Crippen molar-refractivity contribution in [2.24, 2.45) is 5.16 Å². The molecule has 2 aliphatic heterocycles. The first kappa shape index (κ1) is 39.7. The molecule has 1 saturated heterocycles. The van der Waals surface area contributed by atoms with E-state index in [1.165, 1.54) is 23.8 Å². The van der Waals surface area contributed by atoms with Crippen molar-refractivity contribution in [1.82, 2.24) is 19.6 Å². The predicted octanol–water partition coefficient (Wildman–Crippen LogP) is 6.69. The quantitative estimate of drug-likeness (QED) is 0.0222. The van der Waals surface area contributed by atoms with E-state index in [2.05, 4.69) is 42.8 Å². The van der Waals surface area contributed by atoms with E-state index in [0.29, 0.717) is 26.6 Å². The lowest BCUT2D eigenvalue weighted by atomic mass is 9.77. The Morgan fingerprint density at radius 1 is 0.930 bits per heavy atom. The second-order valence-electron chi connectivity index (χ2n) is 12.7. The number of amides is 2. The summed E-state index contributed by atoms with van der Waals surface area (Å²) < 4.78 is 16.1. The number of benzene rings is 4. The number of methoxy groups -OCH3 is 1. The number of alkyl halides is 1. The summed E-state index contributed by atoms with van der Waals surface area (Å²) >= 11 is 4.71. The Balaban J connectivity index is 1.12. The minimum atomic E-state index is -0.956. The van der Waals surface area contributed by atoms with Gasteiger partial charge in [-0.05, 0) is 40.0 Å². The van der Waals surface area contributed by atoms with Gasteiger partial charge >= 0.3 is 5.97 Å². The molecule has 7 rings (SSSR count).